The fourth-order valence-electron chi connectivity index (χ4n) is 1.56. The van der Waals surface area contributed by atoms with Crippen LogP contribution in [0.2, 0.25) is 0 Å². The third-order valence-electron chi connectivity index (χ3n) is 2.58. The Labute approximate surface area is 99.3 Å². The highest BCUT2D eigenvalue weighted by Gasteiger charge is 2.02. The van der Waals surface area contributed by atoms with Crippen molar-refractivity contribution in [3.63, 3.8) is 0 Å². The number of rotatable bonds is 3. The summed E-state index contributed by atoms with van der Waals surface area (Å²) in [6.07, 6.45) is 1.69. The van der Waals surface area contributed by atoms with Crippen molar-refractivity contribution in [1.29, 1.82) is 5.26 Å². The SMILES string of the molecule is Cc1cc(NCc2cn[nH]c2N)ccc1C#N. The van der Waals surface area contributed by atoms with Gasteiger partial charge in [0.05, 0.1) is 17.8 Å². The van der Waals surface area contributed by atoms with E-state index in [9.17, 15) is 0 Å². The Hall–Kier alpha value is -2.48. The van der Waals surface area contributed by atoms with E-state index in [0.29, 0.717) is 17.9 Å². The Bertz CT molecular complexity index is 565. The quantitative estimate of drug-likeness (QED) is 0.745. The van der Waals surface area contributed by atoms with Crippen molar-refractivity contribution in [3.8, 4) is 6.07 Å². The number of nitrogens with two attached hydrogens (primary N) is 1. The van der Waals surface area contributed by atoms with E-state index in [0.717, 1.165) is 16.8 Å². The number of benzene rings is 1. The second-order valence-corrected chi connectivity index (χ2v) is 3.80. The van der Waals surface area contributed by atoms with Crippen LogP contribution in [0.4, 0.5) is 11.5 Å². The van der Waals surface area contributed by atoms with E-state index in [1.807, 2.05) is 19.1 Å². The number of nitriles is 1. The van der Waals surface area contributed by atoms with Crippen molar-refractivity contribution in [2.45, 2.75) is 13.5 Å². The van der Waals surface area contributed by atoms with Crippen molar-refractivity contribution in [2.24, 2.45) is 0 Å². The molecule has 0 radical (unpaired) electrons. The number of H-pyrrole nitrogens is 1. The summed E-state index contributed by atoms with van der Waals surface area (Å²) < 4.78 is 0. The molecule has 0 bridgehead atoms. The van der Waals surface area contributed by atoms with Crippen LogP contribution in [0.1, 0.15) is 16.7 Å². The highest BCUT2D eigenvalue weighted by molar-refractivity contribution is 5.52. The summed E-state index contributed by atoms with van der Waals surface area (Å²) in [6.45, 7) is 2.52. The van der Waals surface area contributed by atoms with Crippen LogP contribution in [-0.4, -0.2) is 10.2 Å². The number of nitrogen functional groups attached to an aromatic ring is 1. The van der Waals surface area contributed by atoms with E-state index in [-0.39, 0.29) is 0 Å². The molecule has 1 aromatic carbocycles. The molecule has 2 rings (SSSR count). The smallest absolute Gasteiger partial charge is 0.123 e. The summed E-state index contributed by atoms with van der Waals surface area (Å²) in [5.41, 5.74) is 9.21. The summed E-state index contributed by atoms with van der Waals surface area (Å²) in [5.74, 6) is 0.572. The van der Waals surface area contributed by atoms with Gasteiger partial charge in [-0.1, -0.05) is 0 Å². The Kier molecular flexibility index (Phi) is 2.97. The second kappa shape index (κ2) is 4.58. The molecule has 0 spiro atoms. The monoisotopic (exact) mass is 227 g/mol. The maximum absolute atomic E-state index is 8.83. The van der Waals surface area contributed by atoms with Crippen LogP contribution >= 0.6 is 0 Å². The van der Waals surface area contributed by atoms with E-state index in [1.165, 1.54) is 0 Å². The molecule has 86 valence electrons. The van der Waals surface area contributed by atoms with Crippen molar-refractivity contribution < 1.29 is 0 Å². The molecule has 0 amide bonds. The Morgan fingerprint density at radius 3 is 2.94 bits per heavy atom. The maximum atomic E-state index is 8.83. The maximum Gasteiger partial charge on any atom is 0.123 e. The Morgan fingerprint density at radius 2 is 2.35 bits per heavy atom. The number of aryl methyl sites for hydroxylation is 1. The number of aromatic nitrogens is 2. The summed E-state index contributed by atoms with van der Waals surface area (Å²) in [5, 5.41) is 18.6. The van der Waals surface area contributed by atoms with Crippen LogP contribution in [0.5, 0.6) is 0 Å². The third kappa shape index (κ3) is 2.37. The summed E-state index contributed by atoms with van der Waals surface area (Å²) in [4.78, 5) is 0. The lowest BCUT2D eigenvalue weighted by Gasteiger charge is -2.07. The van der Waals surface area contributed by atoms with Gasteiger partial charge in [-0.2, -0.15) is 10.4 Å². The Morgan fingerprint density at radius 1 is 1.53 bits per heavy atom. The fourth-order valence-corrected chi connectivity index (χ4v) is 1.56. The van der Waals surface area contributed by atoms with Crippen molar-refractivity contribution in [3.05, 3.63) is 41.1 Å². The Balaban J connectivity index is 2.08. The topological polar surface area (TPSA) is 90.5 Å². The van der Waals surface area contributed by atoms with Crippen LogP contribution in [0.25, 0.3) is 0 Å². The van der Waals surface area contributed by atoms with E-state index < -0.39 is 0 Å². The van der Waals surface area contributed by atoms with E-state index in [4.69, 9.17) is 11.0 Å². The molecule has 1 aromatic heterocycles. The predicted octanol–water partition coefficient (Wildman–Crippen LogP) is 1.78. The molecule has 5 nitrogen and oxygen atoms in total. The lowest BCUT2D eigenvalue weighted by molar-refractivity contribution is 1.10. The average molecular weight is 227 g/mol. The molecule has 17 heavy (non-hydrogen) atoms. The van der Waals surface area contributed by atoms with Gasteiger partial charge >= 0.3 is 0 Å². The molecule has 5 heteroatoms. The van der Waals surface area contributed by atoms with Gasteiger partial charge in [-0.25, -0.2) is 0 Å². The minimum atomic E-state index is 0.572. The van der Waals surface area contributed by atoms with Gasteiger partial charge in [0.15, 0.2) is 0 Å². The molecule has 0 aliphatic carbocycles. The van der Waals surface area contributed by atoms with Crippen LogP contribution in [0, 0.1) is 18.3 Å². The predicted molar refractivity (Wildman–Crippen MR) is 66.2 cm³/mol. The number of nitrogens with one attached hydrogen (secondary N) is 2. The average Bonchev–Trinajstić information content (AvgIpc) is 2.72. The molecular weight excluding hydrogens is 214 g/mol. The van der Waals surface area contributed by atoms with Crippen LogP contribution in [0.3, 0.4) is 0 Å². The first-order chi connectivity index (χ1) is 8.20. The summed E-state index contributed by atoms with van der Waals surface area (Å²) in [7, 11) is 0. The van der Waals surface area contributed by atoms with Crippen molar-refractivity contribution in [1.82, 2.24) is 10.2 Å². The van der Waals surface area contributed by atoms with Gasteiger partial charge in [0.1, 0.15) is 5.82 Å². The number of anilines is 2. The molecule has 0 saturated carbocycles. The molecule has 0 atom stereocenters. The van der Waals surface area contributed by atoms with Crippen molar-refractivity contribution in [2.75, 3.05) is 11.1 Å². The van der Waals surface area contributed by atoms with Gasteiger partial charge in [0, 0.05) is 17.8 Å². The molecule has 0 unspecified atom stereocenters. The number of hydrogen-bond donors (Lipinski definition) is 3. The third-order valence-corrected chi connectivity index (χ3v) is 2.58. The summed E-state index contributed by atoms with van der Waals surface area (Å²) >= 11 is 0. The van der Waals surface area contributed by atoms with Gasteiger partial charge in [0.2, 0.25) is 0 Å². The highest BCUT2D eigenvalue weighted by atomic mass is 15.1. The molecule has 0 saturated heterocycles. The van der Waals surface area contributed by atoms with Crippen molar-refractivity contribution >= 4 is 11.5 Å². The zero-order valence-corrected chi connectivity index (χ0v) is 9.49. The molecule has 2 aromatic rings. The van der Waals surface area contributed by atoms with Crippen LogP contribution < -0.4 is 11.1 Å². The standard InChI is InChI=1S/C12H13N5/c1-8-4-11(3-2-9(8)5-13)15-6-10-7-16-17-12(10)14/h2-4,7,15H,6H2,1H3,(H3,14,16,17). The van der Waals surface area contributed by atoms with Gasteiger partial charge in [-0.3, -0.25) is 5.10 Å². The number of nitrogens with zero attached hydrogens (tertiary/aromatic N) is 2. The van der Waals surface area contributed by atoms with Gasteiger partial charge in [-0.05, 0) is 30.7 Å². The van der Waals surface area contributed by atoms with Gasteiger partial charge < -0.3 is 11.1 Å². The highest BCUT2D eigenvalue weighted by Crippen LogP contribution is 2.16. The molecule has 0 aliphatic heterocycles. The normalized spacial score (nSPS) is 9.88. The first-order valence-corrected chi connectivity index (χ1v) is 5.23. The minimum absolute atomic E-state index is 0.572. The van der Waals surface area contributed by atoms with E-state index in [1.54, 1.807) is 12.3 Å². The van der Waals surface area contributed by atoms with Gasteiger partial charge in [-0.15, -0.1) is 0 Å². The second-order valence-electron chi connectivity index (χ2n) is 3.80. The first kappa shape index (κ1) is 11.0. The lowest BCUT2D eigenvalue weighted by atomic mass is 10.1. The summed E-state index contributed by atoms with van der Waals surface area (Å²) in [6, 6.07) is 7.76. The zero-order chi connectivity index (χ0) is 12.3. The molecule has 4 N–H and O–H groups in total. The molecular formula is C12H13N5. The van der Waals surface area contributed by atoms with Crippen LogP contribution in [0.15, 0.2) is 24.4 Å². The van der Waals surface area contributed by atoms with E-state index in [2.05, 4.69) is 21.6 Å². The molecule has 0 aliphatic rings. The van der Waals surface area contributed by atoms with Crippen LogP contribution in [-0.2, 0) is 6.54 Å². The zero-order valence-electron chi connectivity index (χ0n) is 9.49. The van der Waals surface area contributed by atoms with E-state index >= 15 is 0 Å². The largest absolute Gasteiger partial charge is 0.384 e. The molecule has 1 heterocycles. The lowest BCUT2D eigenvalue weighted by Crippen LogP contribution is -2.01. The minimum Gasteiger partial charge on any atom is -0.384 e. The first-order valence-electron chi connectivity index (χ1n) is 5.23. The fraction of sp³-hybridized carbons (Fsp3) is 0.167. The van der Waals surface area contributed by atoms with Gasteiger partial charge in [0.25, 0.3) is 0 Å². The molecule has 0 fully saturated rings. The number of aromatic amines is 1. The number of hydrogen-bond acceptors (Lipinski definition) is 4.